The highest BCUT2D eigenvalue weighted by molar-refractivity contribution is 5.83. The van der Waals surface area contributed by atoms with Crippen LogP contribution in [-0.4, -0.2) is 41.1 Å². The van der Waals surface area contributed by atoms with Gasteiger partial charge in [0, 0.05) is 31.8 Å². The number of carbonyl (C=O) groups excluding carboxylic acids is 1. The standard InChI is InChI=1S/C19H23N3O3/c1-12-20-18(21-25-12)14-6-4-8-22(11-14)19(23)17-10-16(17)13-5-3-7-15(9-13)24-2/h3,5,7,9,14,16-17H,4,6,8,10-11H2,1-2H3/t14-,16-,17+/m0/s1. The number of likely N-dealkylation sites (tertiary alicyclic amines) is 1. The van der Waals surface area contributed by atoms with Crippen molar-refractivity contribution in [1.29, 1.82) is 0 Å². The molecule has 2 fully saturated rings. The highest BCUT2D eigenvalue weighted by Crippen LogP contribution is 2.49. The predicted molar refractivity (Wildman–Crippen MR) is 91.4 cm³/mol. The summed E-state index contributed by atoms with van der Waals surface area (Å²) in [6.07, 6.45) is 2.92. The SMILES string of the molecule is COc1cccc([C@@H]2C[C@H]2C(=O)N2CCC[C@H](c3noc(C)n3)C2)c1. The number of nitrogens with zero attached hydrogens (tertiary/aromatic N) is 3. The van der Waals surface area contributed by atoms with Crippen LogP contribution in [0.3, 0.4) is 0 Å². The molecule has 1 aromatic carbocycles. The van der Waals surface area contributed by atoms with Crippen LogP contribution in [0, 0.1) is 12.8 Å². The fourth-order valence-electron chi connectivity index (χ4n) is 3.81. The average Bonchev–Trinajstić information content (AvgIpc) is 3.34. The average molecular weight is 341 g/mol. The molecule has 2 heterocycles. The summed E-state index contributed by atoms with van der Waals surface area (Å²) < 4.78 is 10.4. The van der Waals surface area contributed by atoms with Crippen LogP contribution in [0.5, 0.6) is 5.75 Å². The first-order valence-electron chi connectivity index (χ1n) is 8.88. The highest BCUT2D eigenvalue weighted by Gasteiger charge is 2.46. The Morgan fingerprint density at radius 2 is 2.28 bits per heavy atom. The van der Waals surface area contributed by atoms with Gasteiger partial charge in [0.1, 0.15) is 5.75 Å². The number of piperidine rings is 1. The number of ether oxygens (including phenoxy) is 1. The van der Waals surface area contributed by atoms with Gasteiger partial charge in [-0.1, -0.05) is 17.3 Å². The minimum atomic E-state index is 0.0952. The van der Waals surface area contributed by atoms with Crippen LogP contribution in [0.25, 0.3) is 0 Å². The molecule has 6 nitrogen and oxygen atoms in total. The molecule has 1 saturated heterocycles. The van der Waals surface area contributed by atoms with Gasteiger partial charge in [-0.3, -0.25) is 4.79 Å². The lowest BCUT2D eigenvalue weighted by atomic mass is 9.96. The molecule has 25 heavy (non-hydrogen) atoms. The van der Waals surface area contributed by atoms with E-state index in [1.165, 1.54) is 5.56 Å². The summed E-state index contributed by atoms with van der Waals surface area (Å²) in [6.45, 7) is 3.32. The van der Waals surface area contributed by atoms with Gasteiger partial charge in [-0.05, 0) is 42.9 Å². The van der Waals surface area contributed by atoms with Crippen molar-refractivity contribution in [3.8, 4) is 5.75 Å². The van der Waals surface area contributed by atoms with E-state index in [-0.39, 0.29) is 17.7 Å². The first-order chi connectivity index (χ1) is 12.2. The number of amides is 1. The van der Waals surface area contributed by atoms with Gasteiger partial charge in [0.2, 0.25) is 11.8 Å². The molecule has 2 aliphatic rings. The zero-order chi connectivity index (χ0) is 17.4. The second kappa shape index (κ2) is 6.50. The third kappa shape index (κ3) is 3.25. The quantitative estimate of drug-likeness (QED) is 0.855. The number of hydrogen-bond acceptors (Lipinski definition) is 5. The fourth-order valence-corrected chi connectivity index (χ4v) is 3.81. The molecule has 0 N–H and O–H groups in total. The van der Waals surface area contributed by atoms with Gasteiger partial charge in [-0.2, -0.15) is 4.98 Å². The zero-order valence-corrected chi connectivity index (χ0v) is 14.6. The summed E-state index contributed by atoms with van der Waals surface area (Å²) in [4.78, 5) is 19.2. The maximum absolute atomic E-state index is 12.9. The van der Waals surface area contributed by atoms with E-state index < -0.39 is 0 Å². The Morgan fingerprint density at radius 1 is 1.40 bits per heavy atom. The minimum absolute atomic E-state index is 0.0952. The molecule has 0 spiro atoms. The molecule has 1 aliphatic heterocycles. The van der Waals surface area contributed by atoms with Crippen molar-refractivity contribution in [2.75, 3.05) is 20.2 Å². The Hall–Kier alpha value is -2.37. The summed E-state index contributed by atoms with van der Waals surface area (Å²) in [5.74, 6) is 3.02. The summed E-state index contributed by atoms with van der Waals surface area (Å²) in [5, 5.41) is 4.04. The maximum atomic E-state index is 12.9. The Bertz CT molecular complexity index is 773. The molecule has 1 amide bonds. The number of benzene rings is 1. The molecule has 0 radical (unpaired) electrons. The Labute approximate surface area is 147 Å². The highest BCUT2D eigenvalue weighted by atomic mass is 16.5. The van der Waals surface area contributed by atoms with E-state index in [0.717, 1.165) is 37.4 Å². The number of rotatable bonds is 4. The van der Waals surface area contributed by atoms with Crippen molar-refractivity contribution < 1.29 is 14.1 Å². The molecule has 6 heteroatoms. The molecular formula is C19H23N3O3. The van der Waals surface area contributed by atoms with Gasteiger partial charge >= 0.3 is 0 Å². The van der Waals surface area contributed by atoms with Crippen molar-refractivity contribution >= 4 is 5.91 Å². The van der Waals surface area contributed by atoms with E-state index in [4.69, 9.17) is 9.26 Å². The molecule has 1 aromatic heterocycles. The van der Waals surface area contributed by atoms with Crippen LogP contribution >= 0.6 is 0 Å². The smallest absolute Gasteiger partial charge is 0.226 e. The minimum Gasteiger partial charge on any atom is -0.497 e. The molecule has 132 valence electrons. The topological polar surface area (TPSA) is 68.5 Å². The van der Waals surface area contributed by atoms with Crippen molar-refractivity contribution in [3.05, 3.63) is 41.5 Å². The second-order valence-corrected chi connectivity index (χ2v) is 7.02. The first-order valence-corrected chi connectivity index (χ1v) is 8.88. The molecular weight excluding hydrogens is 318 g/mol. The number of carbonyl (C=O) groups is 1. The first kappa shape index (κ1) is 16.1. The lowest BCUT2D eigenvalue weighted by Crippen LogP contribution is -2.40. The van der Waals surface area contributed by atoms with Crippen LogP contribution < -0.4 is 4.74 Å². The van der Waals surface area contributed by atoms with E-state index in [2.05, 4.69) is 16.2 Å². The van der Waals surface area contributed by atoms with Gasteiger partial charge < -0.3 is 14.2 Å². The second-order valence-electron chi connectivity index (χ2n) is 7.02. The Kier molecular flexibility index (Phi) is 4.19. The van der Waals surface area contributed by atoms with Crippen molar-refractivity contribution in [3.63, 3.8) is 0 Å². The fraction of sp³-hybridized carbons (Fsp3) is 0.526. The normalized spacial score (nSPS) is 25.7. The van der Waals surface area contributed by atoms with Gasteiger partial charge in [0.25, 0.3) is 0 Å². The predicted octanol–water partition coefficient (Wildman–Crippen LogP) is 2.90. The molecule has 3 atom stereocenters. The number of aromatic nitrogens is 2. The zero-order valence-electron chi connectivity index (χ0n) is 14.6. The lowest BCUT2D eigenvalue weighted by Gasteiger charge is -2.31. The summed E-state index contributed by atoms with van der Waals surface area (Å²) >= 11 is 0. The molecule has 4 rings (SSSR count). The van der Waals surface area contributed by atoms with Crippen LogP contribution in [-0.2, 0) is 4.79 Å². The molecule has 1 aliphatic carbocycles. The molecule has 2 aromatic rings. The Morgan fingerprint density at radius 3 is 3.04 bits per heavy atom. The maximum Gasteiger partial charge on any atom is 0.226 e. The van der Waals surface area contributed by atoms with Crippen molar-refractivity contribution in [1.82, 2.24) is 15.0 Å². The van der Waals surface area contributed by atoms with Gasteiger partial charge in [-0.15, -0.1) is 0 Å². The third-order valence-electron chi connectivity index (χ3n) is 5.27. The lowest BCUT2D eigenvalue weighted by molar-refractivity contribution is -0.133. The van der Waals surface area contributed by atoms with Crippen LogP contribution in [0.2, 0.25) is 0 Å². The summed E-state index contributed by atoms with van der Waals surface area (Å²) in [6, 6.07) is 8.05. The van der Waals surface area contributed by atoms with E-state index in [0.29, 0.717) is 18.4 Å². The van der Waals surface area contributed by atoms with E-state index in [1.807, 2.05) is 23.1 Å². The van der Waals surface area contributed by atoms with E-state index in [1.54, 1.807) is 14.0 Å². The summed E-state index contributed by atoms with van der Waals surface area (Å²) in [5.41, 5.74) is 1.19. The van der Waals surface area contributed by atoms with Crippen LogP contribution in [0.1, 0.15) is 48.4 Å². The number of hydrogen-bond donors (Lipinski definition) is 0. The van der Waals surface area contributed by atoms with Crippen LogP contribution in [0.4, 0.5) is 0 Å². The largest absolute Gasteiger partial charge is 0.497 e. The van der Waals surface area contributed by atoms with Crippen molar-refractivity contribution in [2.24, 2.45) is 5.92 Å². The molecule has 1 saturated carbocycles. The van der Waals surface area contributed by atoms with Crippen molar-refractivity contribution in [2.45, 2.75) is 38.0 Å². The third-order valence-corrected chi connectivity index (χ3v) is 5.27. The Balaban J connectivity index is 1.41. The number of aryl methyl sites for hydroxylation is 1. The van der Waals surface area contributed by atoms with Gasteiger partial charge in [0.15, 0.2) is 5.82 Å². The molecule has 0 bridgehead atoms. The summed E-state index contributed by atoms with van der Waals surface area (Å²) in [7, 11) is 1.67. The number of methoxy groups -OCH3 is 1. The van der Waals surface area contributed by atoms with E-state index in [9.17, 15) is 4.79 Å². The van der Waals surface area contributed by atoms with Crippen LogP contribution in [0.15, 0.2) is 28.8 Å². The van der Waals surface area contributed by atoms with E-state index >= 15 is 0 Å². The van der Waals surface area contributed by atoms with Gasteiger partial charge in [-0.25, -0.2) is 0 Å². The molecule has 0 unspecified atom stereocenters. The van der Waals surface area contributed by atoms with Gasteiger partial charge in [0.05, 0.1) is 7.11 Å². The monoisotopic (exact) mass is 341 g/mol.